The minimum absolute atomic E-state index is 0.340. The number of methoxy groups -OCH3 is 1. The van der Waals surface area contributed by atoms with Gasteiger partial charge in [-0.15, -0.1) is 0 Å². The Bertz CT molecular complexity index is 517. The quantitative estimate of drug-likeness (QED) is 0.561. The summed E-state index contributed by atoms with van der Waals surface area (Å²) in [5, 5.41) is 0. The van der Waals surface area contributed by atoms with E-state index in [2.05, 4.69) is 21.1 Å². The molecule has 0 amide bonds. The number of hydrogen-bond acceptors (Lipinski definition) is 5. The van der Waals surface area contributed by atoms with Crippen molar-refractivity contribution in [2.75, 3.05) is 31.2 Å². The van der Waals surface area contributed by atoms with Crippen molar-refractivity contribution in [3.8, 4) is 0 Å². The summed E-state index contributed by atoms with van der Waals surface area (Å²) < 4.78 is 50.2. The summed E-state index contributed by atoms with van der Waals surface area (Å²) in [6.07, 6.45) is 2.10. The summed E-state index contributed by atoms with van der Waals surface area (Å²) >= 11 is -2.15. The molecule has 7 nitrogen and oxygen atoms in total. The van der Waals surface area contributed by atoms with Gasteiger partial charge in [0.25, 0.3) is 0 Å². The number of anilines is 1. The topological polar surface area (TPSA) is 108 Å². The Morgan fingerprint density at radius 2 is 1.86 bits per heavy atom. The van der Waals surface area contributed by atoms with Gasteiger partial charge in [-0.25, -0.2) is 13.1 Å². The van der Waals surface area contributed by atoms with Crippen molar-refractivity contribution in [2.45, 2.75) is 13.3 Å². The fraction of sp³-hybridized carbons (Fsp3) is 0.500. The molecule has 1 aromatic carbocycles. The number of aryl methyl sites for hydroxylation is 1. The summed E-state index contributed by atoms with van der Waals surface area (Å²) in [5.41, 5.74) is 1.80. The van der Waals surface area contributed by atoms with Crippen LogP contribution in [0.15, 0.2) is 24.3 Å². The smallest absolute Gasteiger partial charge is 0.229 e. The number of hydrogen-bond donors (Lipinski definition) is 2. The second-order valence-corrected chi connectivity index (χ2v) is 6.55. The SMILES string of the molecule is CCc1ccc(NS(C)(=O)=O)cc1.COCCNS(=O)[O-]. The number of nitrogens with one attached hydrogen (secondary N) is 2. The molecule has 0 aromatic heterocycles. The lowest BCUT2D eigenvalue weighted by atomic mass is 10.2. The summed E-state index contributed by atoms with van der Waals surface area (Å²) in [6.45, 7) is 2.81. The van der Waals surface area contributed by atoms with Crippen LogP contribution in [0.3, 0.4) is 0 Å². The van der Waals surface area contributed by atoms with Gasteiger partial charge in [0.05, 0.1) is 12.9 Å². The van der Waals surface area contributed by atoms with E-state index in [1.807, 2.05) is 12.1 Å². The van der Waals surface area contributed by atoms with Crippen LogP contribution in [-0.4, -0.2) is 43.7 Å². The largest absolute Gasteiger partial charge is 0.760 e. The average molecular weight is 337 g/mol. The van der Waals surface area contributed by atoms with E-state index in [1.54, 1.807) is 12.1 Å². The maximum absolute atomic E-state index is 10.8. The molecular formula is C12H21N2O5S2-. The van der Waals surface area contributed by atoms with E-state index in [4.69, 9.17) is 0 Å². The van der Waals surface area contributed by atoms with Crippen LogP contribution in [-0.2, 0) is 32.4 Å². The Morgan fingerprint density at radius 1 is 1.29 bits per heavy atom. The third-order valence-corrected chi connectivity index (χ3v) is 3.24. The molecule has 0 bridgehead atoms. The lowest BCUT2D eigenvalue weighted by Crippen LogP contribution is -2.20. The zero-order valence-corrected chi connectivity index (χ0v) is 13.9. The van der Waals surface area contributed by atoms with Gasteiger partial charge in [-0.3, -0.25) is 8.93 Å². The third-order valence-electron chi connectivity index (χ3n) is 2.19. The molecule has 9 heteroatoms. The molecule has 0 fully saturated rings. The molecular weight excluding hydrogens is 316 g/mol. The highest BCUT2D eigenvalue weighted by Gasteiger charge is 2.00. The van der Waals surface area contributed by atoms with Gasteiger partial charge in [0.1, 0.15) is 0 Å². The molecule has 0 spiro atoms. The molecule has 122 valence electrons. The van der Waals surface area contributed by atoms with Crippen molar-refractivity contribution in [1.29, 1.82) is 0 Å². The van der Waals surface area contributed by atoms with Gasteiger partial charge < -0.3 is 9.29 Å². The normalized spacial score (nSPS) is 12.2. The lowest BCUT2D eigenvalue weighted by Gasteiger charge is -2.04. The van der Waals surface area contributed by atoms with E-state index >= 15 is 0 Å². The minimum Gasteiger partial charge on any atom is -0.760 e. The van der Waals surface area contributed by atoms with Gasteiger partial charge in [-0.1, -0.05) is 19.1 Å². The van der Waals surface area contributed by atoms with Gasteiger partial charge in [0.15, 0.2) is 0 Å². The van der Waals surface area contributed by atoms with Crippen LogP contribution in [0.1, 0.15) is 12.5 Å². The molecule has 1 aromatic rings. The number of sulfonamides is 1. The Kier molecular flexibility index (Phi) is 10.2. The first-order valence-corrected chi connectivity index (χ1v) is 9.13. The van der Waals surface area contributed by atoms with Crippen LogP contribution in [0.5, 0.6) is 0 Å². The van der Waals surface area contributed by atoms with Gasteiger partial charge >= 0.3 is 0 Å². The molecule has 0 saturated carbocycles. The Hall–Kier alpha value is -1.00. The van der Waals surface area contributed by atoms with Crippen molar-refractivity contribution < 1.29 is 21.9 Å². The molecule has 0 radical (unpaired) electrons. The zero-order valence-electron chi connectivity index (χ0n) is 12.3. The van der Waals surface area contributed by atoms with Crippen molar-refractivity contribution in [2.24, 2.45) is 0 Å². The fourth-order valence-electron chi connectivity index (χ4n) is 1.25. The number of ether oxygens (including phenoxy) is 1. The molecule has 21 heavy (non-hydrogen) atoms. The lowest BCUT2D eigenvalue weighted by molar-refractivity contribution is 0.204. The van der Waals surface area contributed by atoms with Crippen LogP contribution in [0, 0.1) is 0 Å². The van der Waals surface area contributed by atoms with E-state index in [0.717, 1.165) is 12.7 Å². The molecule has 0 aliphatic rings. The van der Waals surface area contributed by atoms with Gasteiger partial charge in [0, 0.05) is 30.6 Å². The minimum atomic E-state index is -3.15. The first kappa shape index (κ1) is 20.0. The van der Waals surface area contributed by atoms with Crippen LogP contribution >= 0.6 is 0 Å². The molecule has 0 aliphatic heterocycles. The van der Waals surface area contributed by atoms with E-state index in [9.17, 15) is 17.2 Å². The predicted molar refractivity (Wildman–Crippen MR) is 83.1 cm³/mol. The predicted octanol–water partition coefficient (Wildman–Crippen LogP) is 0.637. The third kappa shape index (κ3) is 12.5. The highest BCUT2D eigenvalue weighted by Crippen LogP contribution is 2.10. The standard InChI is InChI=1S/C9H13NO2S.C3H9NO3S/c1-3-8-4-6-9(7-5-8)10-13(2,11)12;1-7-3-2-4-8(5)6/h4-7,10H,3H2,1-2H3;4H,2-3H2,1H3,(H,5,6)/p-1. The summed E-state index contributed by atoms with van der Waals surface area (Å²) in [4.78, 5) is 0. The molecule has 2 N–H and O–H groups in total. The Balaban J connectivity index is 0.000000433. The molecule has 0 aliphatic carbocycles. The Morgan fingerprint density at radius 3 is 2.24 bits per heavy atom. The number of benzene rings is 1. The molecule has 1 unspecified atom stereocenters. The van der Waals surface area contributed by atoms with Crippen molar-refractivity contribution in [3.05, 3.63) is 29.8 Å². The van der Waals surface area contributed by atoms with Gasteiger partial charge in [0.2, 0.25) is 10.0 Å². The first-order chi connectivity index (χ1) is 9.78. The molecule has 1 atom stereocenters. The molecule has 1 rings (SSSR count). The first-order valence-electron chi connectivity index (χ1n) is 6.17. The van der Waals surface area contributed by atoms with E-state index in [-0.39, 0.29) is 0 Å². The van der Waals surface area contributed by atoms with E-state index in [0.29, 0.717) is 18.8 Å². The second-order valence-electron chi connectivity index (χ2n) is 4.05. The van der Waals surface area contributed by atoms with Crippen molar-refractivity contribution in [3.63, 3.8) is 0 Å². The maximum atomic E-state index is 10.8. The highest BCUT2D eigenvalue weighted by atomic mass is 32.2. The summed E-state index contributed by atoms with van der Waals surface area (Å²) in [6, 6.07) is 7.35. The zero-order chi connectivity index (χ0) is 16.3. The second kappa shape index (κ2) is 10.7. The van der Waals surface area contributed by atoms with Crippen LogP contribution in [0.4, 0.5) is 5.69 Å². The van der Waals surface area contributed by atoms with Crippen LogP contribution in [0.25, 0.3) is 0 Å². The molecule has 0 saturated heterocycles. The maximum Gasteiger partial charge on any atom is 0.229 e. The number of rotatable bonds is 7. The van der Waals surface area contributed by atoms with E-state index < -0.39 is 21.3 Å². The highest BCUT2D eigenvalue weighted by molar-refractivity contribution is 7.92. The monoisotopic (exact) mass is 337 g/mol. The molecule has 0 heterocycles. The van der Waals surface area contributed by atoms with E-state index in [1.165, 1.54) is 12.7 Å². The Labute approximate surface area is 128 Å². The van der Waals surface area contributed by atoms with Crippen molar-refractivity contribution >= 4 is 27.0 Å². The fourth-order valence-corrected chi connectivity index (χ4v) is 2.06. The van der Waals surface area contributed by atoms with Crippen LogP contribution < -0.4 is 9.44 Å². The summed E-state index contributed by atoms with van der Waals surface area (Å²) in [5.74, 6) is 0. The van der Waals surface area contributed by atoms with Gasteiger partial charge in [-0.2, -0.15) is 0 Å². The van der Waals surface area contributed by atoms with Crippen molar-refractivity contribution in [1.82, 2.24) is 4.72 Å². The van der Waals surface area contributed by atoms with Crippen LogP contribution in [0.2, 0.25) is 0 Å². The van der Waals surface area contributed by atoms with Gasteiger partial charge in [-0.05, 0) is 24.1 Å². The average Bonchev–Trinajstić information content (AvgIpc) is 2.38. The summed E-state index contributed by atoms with van der Waals surface area (Å²) in [7, 11) is -1.64.